The van der Waals surface area contributed by atoms with Crippen LogP contribution in [-0.4, -0.2) is 61.8 Å². The first-order valence-corrected chi connectivity index (χ1v) is 10.5. The summed E-state index contributed by atoms with van der Waals surface area (Å²) in [6, 6.07) is 7.58. The van der Waals surface area contributed by atoms with E-state index < -0.39 is 6.04 Å². The van der Waals surface area contributed by atoms with E-state index in [1.165, 1.54) is 0 Å². The molecule has 2 unspecified atom stereocenters. The molecule has 1 aromatic carbocycles. The minimum Gasteiger partial charge on any atom is -0.391 e. The third-order valence-corrected chi connectivity index (χ3v) is 5.79. The summed E-state index contributed by atoms with van der Waals surface area (Å²) in [6.45, 7) is 1.43. The molecule has 2 fully saturated rings. The number of benzene rings is 1. The molecule has 154 valence electrons. The van der Waals surface area contributed by atoms with Crippen LogP contribution in [0.5, 0.6) is 0 Å². The number of carbonyl (C=O) groups is 1. The predicted molar refractivity (Wildman–Crippen MR) is 112 cm³/mol. The molecule has 2 atom stereocenters. The zero-order valence-corrected chi connectivity index (χ0v) is 16.7. The van der Waals surface area contributed by atoms with E-state index in [1.807, 2.05) is 24.3 Å². The molecule has 5 rings (SSSR count). The van der Waals surface area contributed by atoms with Crippen LogP contribution in [0.25, 0.3) is 11.4 Å². The first kappa shape index (κ1) is 18.8. The van der Waals surface area contributed by atoms with Gasteiger partial charge in [-0.25, -0.2) is 4.99 Å². The maximum Gasteiger partial charge on any atom is 0.250 e. The molecule has 1 aliphatic carbocycles. The van der Waals surface area contributed by atoms with Crippen LogP contribution in [0.3, 0.4) is 0 Å². The predicted octanol–water partition coefficient (Wildman–Crippen LogP) is 2.16. The highest BCUT2D eigenvalue weighted by Crippen LogP contribution is 2.37. The number of likely N-dealkylation sites (tertiary alicyclic amines) is 1. The van der Waals surface area contributed by atoms with Crippen LogP contribution < -0.4 is 5.32 Å². The van der Waals surface area contributed by atoms with Crippen molar-refractivity contribution in [3.05, 3.63) is 42.0 Å². The Morgan fingerprint density at radius 1 is 1.27 bits per heavy atom. The zero-order valence-electron chi connectivity index (χ0n) is 16.7. The monoisotopic (exact) mass is 404 g/mol. The summed E-state index contributed by atoms with van der Waals surface area (Å²) in [5.74, 6) is 3.40. The van der Waals surface area contributed by atoms with Gasteiger partial charge in [0.05, 0.1) is 11.8 Å². The molecular weight excluding hydrogens is 380 g/mol. The van der Waals surface area contributed by atoms with Crippen molar-refractivity contribution in [3.63, 3.8) is 0 Å². The standard InChI is InChI=1S/C22H24N6O2/c29-19-5-2-10-27(13-19)18-8-9-23-20(12-18)22(30)25-16-4-1-3-15(11-16)21-26-24-14-28(21)17-6-7-17/h1,3-4,11,14,17,19-20,29H,2,5-7,10,12-13H2,(H,25,30). The fourth-order valence-corrected chi connectivity index (χ4v) is 4.04. The lowest BCUT2D eigenvalue weighted by Gasteiger charge is -2.33. The van der Waals surface area contributed by atoms with Gasteiger partial charge in [-0.2, -0.15) is 0 Å². The lowest BCUT2D eigenvalue weighted by Crippen LogP contribution is -2.39. The Morgan fingerprint density at radius 3 is 3.00 bits per heavy atom. The average Bonchev–Trinajstić information content (AvgIpc) is 3.50. The van der Waals surface area contributed by atoms with Crippen LogP contribution in [0, 0.1) is 0 Å². The summed E-state index contributed by atoms with van der Waals surface area (Å²) in [5.41, 5.74) is 5.53. The highest BCUT2D eigenvalue weighted by molar-refractivity contribution is 5.96. The van der Waals surface area contributed by atoms with Crippen LogP contribution in [0.15, 0.2) is 47.0 Å². The summed E-state index contributed by atoms with van der Waals surface area (Å²) < 4.78 is 2.10. The van der Waals surface area contributed by atoms with E-state index in [2.05, 4.69) is 41.6 Å². The van der Waals surface area contributed by atoms with E-state index in [1.54, 1.807) is 6.33 Å². The number of amides is 1. The number of carbonyl (C=O) groups excluding carboxylic acids is 1. The molecule has 2 aromatic rings. The van der Waals surface area contributed by atoms with Gasteiger partial charge in [-0.1, -0.05) is 12.1 Å². The van der Waals surface area contributed by atoms with Crippen molar-refractivity contribution in [3.8, 4) is 11.4 Å². The molecule has 1 aromatic heterocycles. The van der Waals surface area contributed by atoms with Gasteiger partial charge in [0.15, 0.2) is 5.82 Å². The number of piperidine rings is 1. The number of aliphatic hydroxyl groups is 1. The third-order valence-electron chi connectivity index (χ3n) is 5.79. The number of β-amino-alcohol motifs (C(OH)–C–C–N with tert-alkyl or cyclic N) is 1. The van der Waals surface area contributed by atoms with Crippen molar-refractivity contribution < 1.29 is 9.90 Å². The van der Waals surface area contributed by atoms with Crippen LogP contribution in [0.2, 0.25) is 0 Å². The van der Waals surface area contributed by atoms with Crippen LogP contribution in [0.1, 0.15) is 38.1 Å². The van der Waals surface area contributed by atoms with Crippen molar-refractivity contribution in [1.82, 2.24) is 19.7 Å². The number of aliphatic hydroxyl groups excluding tert-OH is 1. The van der Waals surface area contributed by atoms with E-state index in [0.29, 0.717) is 24.7 Å². The molecule has 2 N–H and O–H groups in total. The van der Waals surface area contributed by atoms with Crippen molar-refractivity contribution >= 4 is 17.5 Å². The van der Waals surface area contributed by atoms with E-state index >= 15 is 0 Å². The molecule has 3 aliphatic rings. The highest BCUT2D eigenvalue weighted by atomic mass is 16.3. The molecule has 8 nitrogen and oxygen atoms in total. The summed E-state index contributed by atoms with van der Waals surface area (Å²) in [5, 5.41) is 21.2. The molecule has 2 aliphatic heterocycles. The van der Waals surface area contributed by atoms with Gasteiger partial charge in [0.2, 0.25) is 5.91 Å². The summed E-state index contributed by atoms with van der Waals surface area (Å²) >= 11 is 0. The number of hydrogen-bond acceptors (Lipinski definition) is 6. The summed E-state index contributed by atoms with van der Waals surface area (Å²) in [6.07, 6.45) is 5.94. The van der Waals surface area contributed by atoms with Crippen LogP contribution in [0.4, 0.5) is 5.69 Å². The van der Waals surface area contributed by atoms with Gasteiger partial charge in [-0.3, -0.25) is 4.79 Å². The first-order valence-electron chi connectivity index (χ1n) is 10.5. The number of aliphatic imine (C=N–C) groups is 1. The first-order chi connectivity index (χ1) is 14.7. The SMILES string of the molecule is O=C(Nc1cccc(-c2nncn2C2CC2)c1)C1CC(N2CCCC(O)C2)=C=C=N1. The topological polar surface area (TPSA) is 95.6 Å². The Hall–Kier alpha value is -3.18. The van der Waals surface area contributed by atoms with E-state index in [-0.39, 0.29) is 12.0 Å². The highest BCUT2D eigenvalue weighted by Gasteiger charge is 2.28. The fraction of sp³-hybridized carbons (Fsp3) is 0.455. The largest absolute Gasteiger partial charge is 0.391 e. The molecular formula is C22H24N6O2. The van der Waals surface area contributed by atoms with Gasteiger partial charge in [0, 0.05) is 42.7 Å². The van der Waals surface area contributed by atoms with Gasteiger partial charge in [-0.15, -0.1) is 10.2 Å². The minimum absolute atomic E-state index is 0.181. The molecule has 0 spiro atoms. The molecule has 0 radical (unpaired) electrons. The Kier molecular flexibility index (Phi) is 4.97. The molecule has 0 bridgehead atoms. The number of aromatic nitrogens is 3. The maximum absolute atomic E-state index is 12.9. The van der Waals surface area contributed by atoms with Gasteiger partial charge < -0.3 is 19.9 Å². The molecule has 1 saturated carbocycles. The molecule has 30 heavy (non-hydrogen) atoms. The molecule has 8 heteroatoms. The molecule has 3 heterocycles. The normalized spacial score (nSPS) is 23.4. The quantitative estimate of drug-likeness (QED) is 0.745. The van der Waals surface area contributed by atoms with E-state index in [9.17, 15) is 9.90 Å². The Labute approximate surface area is 174 Å². The van der Waals surface area contributed by atoms with Crippen molar-refractivity contribution in [1.29, 1.82) is 0 Å². The lowest BCUT2D eigenvalue weighted by atomic mass is 10.0. The third kappa shape index (κ3) is 3.94. The smallest absolute Gasteiger partial charge is 0.250 e. The number of nitrogens with one attached hydrogen (secondary N) is 1. The van der Waals surface area contributed by atoms with Crippen molar-refractivity contribution in [2.45, 2.75) is 50.3 Å². The van der Waals surface area contributed by atoms with Crippen molar-refractivity contribution in [2.24, 2.45) is 4.99 Å². The zero-order chi connectivity index (χ0) is 20.5. The minimum atomic E-state index is -0.556. The second-order valence-electron chi connectivity index (χ2n) is 8.14. The maximum atomic E-state index is 12.9. The average molecular weight is 404 g/mol. The Morgan fingerprint density at radius 2 is 2.17 bits per heavy atom. The van der Waals surface area contributed by atoms with Gasteiger partial charge >= 0.3 is 0 Å². The summed E-state index contributed by atoms with van der Waals surface area (Å²) in [4.78, 5) is 19.1. The van der Waals surface area contributed by atoms with E-state index in [4.69, 9.17) is 0 Å². The number of anilines is 1. The van der Waals surface area contributed by atoms with Crippen LogP contribution in [-0.2, 0) is 4.79 Å². The Balaban J connectivity index is 1.27. The van der Waals surface area contributed by atoms with Crippen molar-refractivity contribution in [2.75, 3.05) is 18.4 Å². The van der Waals surface area contributed by atoms with E-state index in [0.717, 1.165) is 49.3 Å². The summed E-state index contributed by atoms with van der Waals surface area (Å²) in [7, 11) is 0. The molecule has 1 saturated heterocycles. The van der Waals surface area contributed by atoms with Gasteiger partial charge in [0.1, 0.15) is 12.4 Å². The second kappa shape index (κ2) is 7.92. The number of rotatable bonds is 5. The fourth-order valence-electron chi connectivity index (χ4n) is 4.04. The Bertz CT molecular complexity index is 1060. The van der Waals surface area contributed by atoms with Crippen LogP contribution >= 0.6 is 0 Å². The van der Waals surface area contributed by atoms with Gasteiger partial charge in [0.25, 0.3) is 0 Å². The number of nitrogens with zero attached hydrogens (tertiary/aromatic N) is 5. The van der Waals surface area contributed by atoms with Gasteiger partial charge in [-0.05, 0) is 43.5 Å². The number of hydrogen-bond donors (Lipinski definition) is 2. The molecule has 1 amide bonds. The second-order valence-corrected chi connectivity index (χ2v) is 8.14. The lowest BCUT2D eigenvalue weighted by molar-refractivity contribution is -0.117.